The lowest BCUT2D eigenvalue weighted by molar-refractivity contribution is 0.141. The van der Waals surface area contributed by atoms with Gasteiger partial charge in [0.25, 0.3) is 0 Å². The van der Waals surface area contributed by atoms with E-state index >= 15 is 0 Å². The van der Waals surface area contributed by atoms with Crippen LogP contribution in [-0.2, 0) is 22.8 Å². The van der Waals surface area contributed by atoms with E-state index in [2.05, 4.69) is 26.6 Å². The molecule has 0 atom stereocenters. The molecule has 2 saturated heterocycles. The summed E-state index contributed by atoms with van der Waals surface area (Å²) in [6.45, 7) is 13.6. The largest absolute Gasteiger partial charge is 0.370 e. The van der Waals surface area contributed by atoms with Crippen LogP contribution in [0.15, 0.2) is 58.5 Å². The van der Waals surface area contributed by atoms with Crippen LogP contribution < -0.4 is 4.90 Å². The van der Waals surface area contributed by atoms with Crippen molar-refractivity contribution in [1.29, 1.82) is 0 Å². The van der Waals surface area contributed by atoms with Crippen molar-refractivity contribution in [2.45, 2.75) is 67.8 Å². The summed E-state index contributed by atoms with van der Waals surface area (Å²) in [5, 5.41) is 0.818. The lowest BCUT2D eigenvalue weighted by Crippen LogP contribution is -2.47. The second kappa shape index (κ2) is 10.6. The molecule has 0 unspecified atom stereocenters. The number of hydrogen-bond donors (Lipinski definition) is 0. The number of fused-ring (bicyclic) bond motifs is 1. The molecule has 188 valence electrons. The van der Waals surface area contributed by atoms with Gasteiger partial charge >= 0.3 is 0 Å². The van der Waals surface area contributed by atoms with Crippen LogP contribution in [0.5, 0.6) is 0 Å². The SMILES string of the molecule is [C-]#[N+]Cc1ccc2ncc(S(=O)(=O)c3ccc(CC)cc3)c(N3CCC(N4CCCCC4)CC3)c2c1. The van der Waals surface area contributed by atoms with Crippen molar-refractivity contribution in [3.05, 3.63) is 71.2 Å². The van der Waals surface area contributed by atoms with Crippen molar-refractivity contribution < 1.29 is 8.42 Å². The number of nitrogens with zero attached hydrogens (tertiary/aromatic N) is 4. The molecule has 7 heteroatoms. The molecule has 0 saturated carbocycles. The lowest BCUT2D eigenvalue weighted by atomic mass is 9.99. The Morgan fingerprint density at radius 2 is 1.67 bits per heavy atom. The zero-order valence-electron chi connectivity index (χ0n) is 21.0. The molecule has 0 aliphatic carbocycles. The molecule has 0 N–H and O–H groups in total. The van der Waals surface area contributed by atoms with Gasteiger partial charge in [-0.2, -0.15) is 0 Å². The Morgan fingerprint density at radius 3 is 2.33 bits per heavy atom. The molecule has 3 aromatic rings. The number of pyridine rings is 1. The zero-order chi connectivity index (χ0) is 25.1. The summed E-state index contributed by atoms with van der Waals surface area (Å²) < 4.78 is 27.9. The number of anilines is 1. The van der Waals surface area contributed by atoms with Crippen molar-refractivity contribution >= 4 is 26.4 Å². The number of piperidine rings is 2. The van der Waals surface area contributed by atoms with Gasteiger partial charge in [-0.05, 0) is 81.1 Å². The van der Waals surface area contributed by atoms with Gasteiger partial charge in [-0.1, -0.05) is 25.5 Å². The molecular formula is C29H34N4O2S. The highest BCUT2D eigenvalue weighted by Gasteiger charge is 2.31. The van der Waals surface area contributed by atoms with Gasteiger partial charge in [0.2, 0.25) is 16.4 Å². The molecule has 0 radical (unpaired) electrons. The van der Waals surface area contributed by atoms with E-state index in [0.29, 0.717) is 10.9 Å². The van der Waals surface area contributed by atoms with E-state index < -0.39 is 9.84 Å². The molecule has 2 aliphatic rings. The van der Waals surface area contributed by atoms with E-state index in [4.69, 9.17) is 6.57 Å². The van der Waals surface area contributed by atoms with E-state index in [1.54, 1.807) is 12.1 Å². The summed E-state index contributed by atoms with van der Waals surface area (Å²) in [6, 6.07) is 13.5. The number of aryl methyl sites for hydroxylation is 1. The van der Waals surface area contributed by atoms with E-state index in [0.717, 1.165) is 60.1 Å². The molecule has 36 heavy (non-hydrogen) atoms. The Morgan fingerprint density at radius 1 is 0.972 bits per heavy atom. The highest BCUT2D eigenvalue weighted by atomic mass is 32.2. The first-order valence-corrected chi connectivity index (χ1v) is 14.6. The molecule has 2 fully saturated rings. The molecule has 0 bridgehead atoms. The van der Waals surface area contributed by atoms with E-state index in [1.807, 2.05) is 30.3 Å². The fourth-order valence-corrected chi connectivity index (χ4v) is 7.12. The topological polar surface area (TPSA) is 57.9 Å². The summed E-state index contributed by atoms with van der Waals surface area (Å²) in [5.74, 6) is 0. The van der Waals surface area contributed by atoms with Crippen LogP contribution >= 0.6 is 0 Å². The zero-order valence-corrected chi connectivity index (χ0v) is 21.8. The van der Waals surface area contributed by atoms with Crippen molar-refractivity contribution in [3.8, 4) is 0 Å². The first-order chi connectivity index (χ1) is 17.5. The molecular weight excluding hydrogens is 468 g/mol. The normalized spacial score (nSPS) is 17.8. The molecule has 3 heterocycles. The van der Waals surface area contributed by atoms with E-state index in [9.17, 15) is 8.42 Å². The van der Waals surface area contributed by atoms with Crippen LogP contribution in [0.3, 0.4) is 0 Å². The quantitative estimate of drug-likeness (QED) is 0.417. The van der Waals surface area contributed by atoms with Gasteiger partial charge < -0.3 is 14.6 Å². The minimum atomic E-state index is -3.77. The minimum Gasteiger partial charge on any atom is -0.370 e. The summed E-state index contributed by atoms with van der Waals surface area (Å²) in [7, 11) is -3.77. The third-order valence-corrected chi connectivity index (χ3v) is 9.52. The Balaban J connectivity index is 1.57. The van der Waals surface area contributed by atoms with Gasteiger partial charge in [0.1, 0.15) is 4.90 Å². The second-order valence-electron chi connectivity index (χ2n) is 9.95. The van der Waals surface area contributed by atoms with Crippen LogP contribution in [-0.4, -0.2) is 50.5 Å². The molecule has 2 aromatic carbocycles. The van der Waals surface area contributed by atoms with E-state index in [-0.39, 0.29) is 11.4 Å². The number of hydrogen-bond acceptors (Lipinski definition) is 5. The van der Waals surface area contributed by atoms with Gasteiger partial charge in [-0.15, -0.1) is 0 Å². The van der Waals surface area contributed by atoms with Gasteiger partial charge in [0, 0.05) is 36.3 Å². The van der Waals surface area contributed by atoms with Crippen molar-refractivity contribution in [3.63, 3.8) is 0 Å². The number of rotatable bonds is 6. The van der Waals surface area contributed by atoms with Crippen LogP contribution in [0.2, 0.25) is 0 Å². The maximum atomic E-state index is 13.9. The number of sulfone groups is 1. The fourth-order valence-electron chi connectivity index (χ4n) is 5.69. The highest BCUT2D eigenvalue weighted by molar-refractivity contribution is 7.91. The van der Waals surface area contributed by atoms with Crippen LogP contribution in [0.1, 0.15) is 50.2 Å². The smallest absolute Gasteiger partial charge is 0.239 e. The lowest BCUT2D eigenvalue weighted by Gasteiger charge is -2.41. The molecule has 6 nitrogen and oxygen atoms in total. The average molecular weight is 503 g/mol. The Bertz CT molecular complexity index is 1360. The van der Waals surface area contributed by atoms with Gasteiger partial charge in [-0.25, -0.2) is 15.0 Å². The number of benzene rings is 2. The van der Waals surface area contributed by atoms with Crippen molar-refractivity contribution in [1.82, 2.24) is 9.88 Å². The summed E-state index contributed by atoms with van der Waals surface area (Å²) in [5.41, 5.74) is 3.49. The first kappa shape index (κ1) is 24.7. The summed E-state index contributed by atoms with van der Waals surface area (Å²) >= 11 is 0. The highest BCUT2D eigenvalue weighted by Crippen LogP contribution is 2.38. The predicted molar refractivity (Wildman–Crippen MR) is 144 cm³/mol. The molecule has 0 spiro atoms. The van der Waals surface area contributed by atoms with Gasteiger partial charge in [0.15, 0.2) is 0 Å². The van der Waals surface area contributed by atoms with Crippen molar-refractivity contribution in [2.24, 2.45) is 0 Å². The maximum Gasteiger partial charge on any atom is 0.239 e. The van der Waals surface area contributed by atoms with Crippen molar-refractivity contribution in [2.75, 3.05) is 31.1 Å². The maximum absolute atomic E-state index is 13.9. The Hall–Kier alpha value is -2.95. The predicted octanol–water partition coefficient (Wildman–Crippen LogP) is 5.50. The van der Waals surface area contributed by atoms with Gasteiger partial charge in [-0.3, -0.25) is 4.98 Å². The fraction of sp³-hybridized carbons (Fsp3) is 0.448. The Kier molecular flexibility index (Phi) is 7.27. The van der Waals surface area contributed by atoms with E-state index in [1.165, 1.54) is 38.5 Å². The standard InChI is InChI=1S/C29H34N4O2S/c1-3-22-7-10-25(11-8-22)36(34,35)28-21-31-27-12-9-23(20-30-2)19-26(27)29(28)33-17-13-24(14-18-33)32-15-5-4-6-16-32/h7-12,19,21,24H,3-6,13-18,20H2,1H3. The third-order valence-electron chi connectivity index (χ3n) is 7.75. The summed E-state index contributed by atoms with van der Waals surface area (Å²) in [4.78, 5) is 13.5. The summed E-state index contributed by atoms with van der Waals surface area (Å²) in [6.07, 6.45) is 8.32. The molecule has 5 rings (SSSR count). The molecule has 1 aromatic heterocycles. The monoisotopic (exact) mass is 502 g/mol. The second-order valence-corrected chi connectivity index (χ2v) is 11.9. The average Bonchev–Trinajstić information content (AvgIpc) is 2.93. The van der Waals surface area contributed by atoms with Gasteiger partial charge in [0.05, 0.1) is 16.1 Å². The number of likely N-dealkylation sites (tertiary alicyclic amines) is 1. The number of aromatic nitrogens is 1. The minimum absolute atomic E-state index is 0.260. The molecule has 0 amide bonds. The third kappa shape index (κ3) is 4.85. The van der Waals surface area contributed by atoms with Crippen LogP contribution in [0.25, 0.3) is 15.7 Å². The Labute approximate surface area is 214 Å². The molecule has 2 aliphatic heterocycles. The first-order valence-electron chi connectivity index (χ1n) is 13.1. The van der Waals surface area contributed by atoms with Crippen LogP contribution in [0, 0.1) is 6.57 Å². The van der Waals surface area contributed by atoms with Crippen LogP contribution in [0.4, 0.5) is 5.69 Å².